The standard InChI is InChI=1S/C15H13F4N3O/c16-10-3-1-2-9(6-10)12-7-11(23)8-22(12)14-20-5-4-13(21-14)15(17,18)19/h1-6,11-12,23H,7-8H2. The molecule has 1 aromatic carbocycles. The predicted molar refractivity (Wildman–Crippen MR) is 74.1 cm³/mol. The molecule has 122 valence electrons. The zero-order chi connectivity index (χ0) is 16.6. The fraction of sp³-hybridized carbons (Fsp3) is 0.333. The van der Waals surface area contributed by atoms with Crippen LogP contribution in [0.3, 0.4) is 0 Å². The third-order valence-electron chi connectivity index (χ3n) is 3.70. The molecule has 1 aliphatic rings. The van der Waals surface area contributed by atoms with Gasteiger partial charge in [-0.3, -0.25) is 0 Å². The second-order valence-electron chi connectivity index (χ2n) is 5.35. The summed E-state index contributed by atoms with van der Waals surface area (Å²) in [6, 6.07) is 6.05. The van der Waals surface area contributed by atoms with E-state index in [-0.39, 0.29) is 18.9 Å². The van der Waals surface area contributed by atoms with Crippen LogP contribution >= 0.6 is 0 Å². The molecular weight excluding hydrogens is 314 g/mol. The molecule has 0 spiro atoms. The smallest absolute Gasteiger partial charge is 0.391 e. The molecule has 2 atom stereocenters. The predicted octanol–water partition coefficient (Wildman–Crippen LogP) is 2.95. The summed E-state index contributed by atoms with van der Waals surface area (Å²) in [5.74, 6) is -0.584. The third-order valence-corrected chi connectivity index (χ3v) is 3.70. The molecule has 0 bridgehead atoms. The van der Waals surface area contributed by atoms with Crippen LogP contribution in [-0.2, 0) is 6.18 Å². The fourth-order valence-electron chi connectivity index (χ4n) is 2.71. The molecule has 1 fully saturated rings. The molecule has 2 unspecified atom stereocenters. The van der Waals surface area contributed by atoms with Crippen LogP contribution in [0.2, 0.25) is 0 Å². The van der Waals surface area contributed by atoms with Gasteiger partial charge in [0.1, 0.15) is 11.5 Å². The van der Waals surface area contributed by atoms with Crippen LogP contribution in [0.1, 0.15) is 23.7 Å². The summed E-state index contributed by atoms with van der Waals surface area (Å²) in [4.78, 5) is 8.89. The Morgan fingerprint density at radius 2 is 2.00 bits per heavy atom. The number of rotatable bonds is 2. The van der Waals surface area contributed by atoms with Gasteiger partial charge in [-0.2, -0.15) is 13.2 Å². The first-order valence-corrected chi connectivity index (χ1v) is 6.95. The van der Waals surface area contributed by atoms with Gasteiger partial charge in [-0.25, -0.2) is 14.4 Å². The Morgan fingerprint density at radius 3 is 2.70 bits per heavy atom. The van der Waals surface area contributed by atoms with E-state index in [4.69, 9.17) is 0 Å². The monoisotopic (exact) mass is 327 g/mol. The van der Waals surface area contributed by atoms with E-state index in [9.17, 15) is 22.7 Å². The van der Waals surface area contributed by atoms with E-state index in [0.717, 1.165) is 12.3 Å². The van der Waals surface area contributed by atoms with Crippen molar-refractivity contribution in [2.24, 2.45) is 0 Å². The van der Waals surface area contributed by atoms with Gasteiger partial charge in [0.25, 0.3) is 0 Å². The van der Waals surface area contributed by atoms with E-state index in [1.807, 2.05) is 0 Å². The largest absolute Gasteiger partial charge is 0.433 e. The van der Waals surface area contributed by atoms with Crippen molar-refractivity contribution >= 4 is 5.95 Å². The van der Waals surface area contributed by atoms with Crippen LogP contribution in [-0.4, -0.2) is 27.7 Å². The number of alkyl halides is 3. The Morgan fingerprint density at radius 1 is 1.22 bits per heavy atom. The summed E-state index contributed by atoms with van der Waals surface area (Å²) in [6.07, 6.45) is -4.03. The van der Waals surface area contributed by atoms with Gasteiger partial charge >= 0.3 is 6.18 Å². The number of aliphatic hydroxyl groups excluding tert-OH is 1. The van der Waals surface area contributed by atoms with Crippen LogP contribution in [0.15, 0.2) is 36.5 Å². The molecular formula is C15H13F4N3O. The average Bonchev–Trinajstić information content (AvgIpc) is 2.89. The Balaban J connectivity index is 1.97. The molecule has 23 heavy (non-hydrogen) atoms. The number of benzene rings is 1. The Bertz CT molecular complexity index is 707. The molecule has 1 saturated heterocycles. The molecule has 0 radical (unpaired) electrons. The zero-order valence-electron chi connectivity index (χ0n) is 11.8. The molecule has 0 saturated carbocycles. The van der Waals surface area contributed by atoms with Crippen molar-refractivity contribution < 1.29 is 22.7 Å². The van der Waals surface area contributed by atoms with Crippen molar-refractivity contribution in [3.05, 3.63) is 53.6 Å². The number of nitrogens with zero attached hydrogens (tertiary/aromatic N) is 3. The molecule has 2 heterocycles. The molecule has 8 heteroatoms. The van der Waals surface area contributed by atoms with Gasteiger partial charge in [0.15, 0.2) is 0 Å². The highest BCUT2D eigenvalue weighted by Crippen LogP contribution is 2.36. The summed E-state index contributed by atoms with van der Waals surface area (Å²) in [6.45, 7) is 0.0858. The zero-order valence-corrected chi connectivity index (χ0v) is 11.8. The minimum atomic E-state index is -4.58. The Hall–Kier alpha value is -2.22. The molecule has 4 nitrogen and oxygen atoms in total. The molecule has 3 rings (SSSR count). The number of aromatic nitrogens is 2. The van der Waals surface area contributed by atoms with Crippen molar-refractivity contribution in [3.63, 3.8) is 0 Å². The van der Waals surface area contributed by atoms with Crippen LogP contribution in [0.4, 0.5) is 23.5 Å². The van der Waals surface area contributed by atoms with Gasteiger partial charge in [-0.15, -0.1) is 0 Å². The minimum absolute atomic E-state index is 0.0858. The van der Waals surface area contributed by atoms with Crippen LogP contribution < -0.4 is 4.90 Å². The maximum absolute atomic E-state index is 13.4. The van der Waals surface area contributed by atoms with Crippen molar-refractivity contribution in [2.75, 3.05) is 11.4 Å². The number of aliphatic hydroxyl groups is 1. The maximum Gasteiger partial charge on any atom is 0.433 e. The first-order valence-electron chi connectivity index (χ1n) is 6.95. The van der Waals surface area contributed by atoms with E-state index >= 15 is 0 Å². The van der Waals surface area contributed by atoms with Crippen molar-refractivity contribution in [1.82, 2.24) is 9.97 Å². The van der Waals surface area contributed by atoms with E-state index in [1.165, 1.54) is 23.1 Å². The van der Waals surface area contributed by atoms with Gasteiger partial charge in [0, 0.05) is 12.7 Å². The maximum atomic E-state index is 13.4. The summed E-state index contributed by atoms with van der Waals surface area (Å²) < 4.78 is 51.8. The van der Waals surface area contributed by atoms with E-state index in [2.05, 4.69) is 9.97 Å². The lowest BCUT2D eigenvalue weighted by Crippen LogP contribution is -2.27. The van der Waals surface area contributed by atoms with Gasteiger partial charge in [-0.05, 0) is 30.2 Å². The molecule has 2 aromatic rings. The highest BCUT2D eigenvalue weighted by molar-refractivity contribution is 5.40. The molecule has 1 aromatic heterocycles. The molecule has 0 amide bonds. The number of β-amino-alcohol motifs (C(OH)–C–C–N with tert-alkyl or cyclic N) is 1. The van der Waals surface area contributed by atoms with Crippen molar-refractivity contribution in [3.8, 4) is 0 Å². The number of anilines is 1. The number of hydrogen-bond donors (Lipinski definition) is 1. The topological polar surface area (TPSA) is 49.2 Å². The van der Waals surface area contributed by atoms with Gasteiger partial charge in [-0.1, -0.05) is 12.1 Å². The third kappa shape index (κ3) is 3.26. The Labute approximate surface area is 129 Å². The van der Waals surface area contributed by atoms with Crippen molar-refractivity contribution in [1.29, 1.82) is 0 Å². The first-order chi connectivity index (χ1) is 10.8. The second-order valence-corrected chi connectivity index (χ2v) is 5.35. The van der Waals surface area contributed by atoms with Crippen LogP contribution in [0.5, 0.6) is 0 Å². The second kappa shape index (κ2) is 5.77. The quantitative estimate of drug-likeness (QED) is 0.862. The molecule has 1 aliphatic heterocycles. The Kier molecular flexibility index (Phi) is 3.93. The lowest BCUT2D eigenvalue weighted by molar-refractivity contribution is -0.141. The summed E-state index contributed by atoms with van der Waals surface area (Å²) >= 11 is 0. The summed E-state index contributed by atoms with van der Waals surface area (Å²) in [5, 5.41) is 9.88. The normalized spacial score (nSPS) is 21.7. The highest BCUT2D eigenvalue weighted by Gasteiger charge is 2.37. The lowest BCUT2D eigenvalue weighted by atomic mass is 10.0. The van der Waals surface area contributed by atoms with Gasteiger partial charge in [0.2, 0.25) is 5.95 Å². The van der Waals surface area contributed by atoms with Crippen LogP contribution in [0.25, 0.3) is 0 Å². The average molecular weight is 327 g/mol. The van der Waals surface area contributed by atoms with Gasteiger partial charge in [0.05, 0.1) is 12.1 Å². The molecule has 1 N–H and O–H groups in total. The van der Waals surface area contributed by atoms with Crippen molar-refractivity contribution in [2.45, 2.75) is 24.7 Å². The minimum Gasteiger partial charge on any atom is -0.391 e. The lowest BCUT2D eigenvalue weighted by Gasteiger charge is -2.25. The highest BCUT2D eigenvalue weighted by atomic mass is 19.4. The summed E-state index contributed by atoms with van der Waals surface area (Å²) in [7, 11) is 0. The molecule has 0 aliphatic carbocycles. The van der Waals surface area contributed by atoms with E-state index < -0.39 is 29.8 Å². The number of halogens is 4. The van der Waals surface area contributed by atoms with Gasteiger partial charge < -0.3 is 10.0 Å². The van der Waals surface area contributed by atoms with E-state index in [1.54, 1.807) is 6.07 Å². The summed E-state index contributed by atoms with van der Waals surface area (Å²) in [5.41, 5.74) is -0.496. The SMILES string of the molecule is OC1CC(c2cccc(F)c2)N(c2nccc(C(F)(F)F)n2)C1. The number of hydrogen-bond acceptors (Lipinski definition) is 4. The first kappa shape index (κ1) is 15.7. The fourth-order valence-corrected chi connectivity index (χ4v) is 2.71. The van der Waals surface area contributed by atoms with Crippen LogP contribution in [0, 0.1) is 5.82 Å². The van der Waals surface area contributed by atoms with E-state index in [0.29, 0.717) is 5.56 Å².